The summed E-state index contributed by atoms with van der Waals surface area (Å²) in [7, 11) is 0. The SMILES string of the molecule is Cc1c(Cl)ccc2c(O)cc(C(F)(F)F)cc12. The molecule has 0 spiro atoms. The Hall–Kier alpha value is -1.42. The highest BCUT2D eigenvalue weighted by molar-refractivity contribution is 6.32. The van der Waals surface area contributed by atoms with E-state index in [0.717, 1.165) is 12.1 Å². The molecule has 0 heterocycles. The first-order valence-electron chi connectivity index (χ1n) is 4.79. The van der Waals surface area contributed by atoms with E-state index in [4.69, 9.17) is 11.6 Å². The largest absolute Gasteiger partial charge is 0.507 e. The molecule has 90 valence electrons. The fourth-order valence-corrected chi connectivity index (χ4v) is 1.86. The Bertz CT molecular complexity index is 590. The molecular formula is C12H8ClF3O. The second-order valence-electron chi connectivity index (χ2n) is 3.76. The second-order valence-corrected chi connectivity index (χ2v) is 4.17. The van der Waals surface area contributed by atoms with Gasteiger partial charge >= 0.3 is 6.18 Å². The summed E-state index contributed by atoms with van der Waals surface area (Å²) >= 11 is 5.84. The number of alkyl halides is 3. The van der Waals surface area contributed by atoms with Gasteiger partial charge in [-0.25, -0.2) is 0 Å². The molecule has 2 rings (SSSR count). The van der Waals surface area contributed by atoms with Crippen molar-refractivity contribution in [2.45, 2.75) is 13.1 Å². The third-order valence-corrected chi connectivity index (χ3v) is 3.05. The molecule has 0 aliphatic heterocycles. The number of rotatable bonds is 0. The fraction of sp³-hybridized carbons (Fsp3) is 0.167. The predicted octanol–water partition coefficient (Wildman–Crippen LogP) is 4.53. The van der Waals surface area contributed by atoms with Crippen LogP contribution in [0.4, 0.5) is 13.2 Å². The summed E-state index contributed by atoms with van der Waals surface area (Å²) in [4.78, 5) is 0. The van der Waals surface area contributed by atoms with Crippen molar-refractivity contribution in [1.82, 2.24) is 0 Å². The number of hydrogen-bond acceptors (Lipinski definition) is 1. The monoisotopic (exact) mass is 260 g/mol. The molecular weight excluding hydrogens is 253 g/mol. The average Bonchev–Trinajstić information content (AvgIpc) is 2.22. The number of fused-ring (bicyclic) bond motifs is 1. The van der Waals surface area contributed by atoms with Crippen LogP contribution in [0.2, 0.25) is 5.02 Å². The number of benzene rings is 2. The summed E-state index contributed by atoms with van der Waals surface area (Å²) < 4.78 is 37.8. The maximum absolute atomic E-state index is 12.6. The van der Waals surface area contributed by atoms with Crippen LogP contribution in [0.25, 0.3) is 10.8 Å². The van der Waals surface area contributed by atoms with Crippen LogP contribution in [0, 0.1) is 6.92 Å². The molecule has 0 aliphatic carbocycles. The fourth-order valence-electron chi connectivity index (χ4n) is 1.70. The normalized spacial score (nSPS) is 12.1. The average molecular weight is 261 g/mol. The molecule has 0 saturated heterocycles. The maximum atomic E-state index is 12.6. The van der Waals surface area contributed by atoms with Gasteiger partial charge in [0, 0.05) is 10.4 Å². The minimum Gasteiger partial charge on any atom is -0.507 e. The first-order chi connectivity index (χ1) is 7.80. The van der Waals surface area contributed by atoms with Crippen molar-refractivity contribution in [2.24, 2.45) is 0 Å². The van der Waals surface area contributed by atoms with Gasteiger partial charge in [0.1, 0.15) is 5.75 Å². The molecule has 0 bridgehead atoms. The van der Waals surface area contributed by atoms with Crippen molar-refractivity contribution < 1.29 is 18.3 Å². The van der Waals surface area contributed by atoms with E-state index in [2.05, 4.69) is 0 Å². The van der Waals surface area contributed by atoms with Gasteiger partial charge in [0.05, 0.1) is 5.56 Å². The first kappa shape index (κ1) is 12.0. The van der Waals surface area contributed by atoms with Gasteiger partial charge in [0.2, 0.25) is 0 Å². The molecule has 0 saturated carbocycles. The van der Waals surface area contributed by atoms with Crippen molar-refractivity contribution in [1.29, 1.82) is 0 Å². The molecule has 1 N–H and O–H groups in total. The molecule has 0 aliphatic rings. The van der Waals surface area contributed by atoms with Crippen LogP contribution >= 0.6 is 11.6 Å². The zero-order valence-electron chi connectivity index (χ0n) is 8.77. The Morgan fingerprint density at radius 2 is 1.76 bits per heavy atom. The van der Waals surface area contributed by atoms with Crippen LogP contribution in [0.1, 0.15) is 11.1 Å². The summed E-state index contributed by atoms with van der Waals surface area (Å²) in [6.07, 6.45) is -4.49. The van der Waals surface area contributed by atoms with Crippen molar-refractivity contribution in [2.75, 3.05) is 0 Å². The quantitative estimate of drug-likeness (QED) is 0.738. The van der Waals surface area contributed by atoms with E-state index < -0.39 is 17.5 Å². The smallest absolute Gasteiger partial charge is 0.416 e. The molecule has 1 nitrogen and oxygen atoms in total. The van der Waals surface area contributed by atoms with Gasteiger partial charge in [-0.15, -0.1) is 0 Å². The van der Waals surface area contributed by atoms with Crippen LogP contribution in [0.15, 0.2) is 24.3 Å². The van der Waals surface area contributed by atoms with Crippen LogP contribution in [-0.4, -0.2) is 5.11 Å². The van der Waals surface area contributed by atoms with Crippen LogP contribution in [0.5, 0.6) is 5.75 Å². The molecule has 2 aromatic rings. The Morgan fingerprint density at radius 3 is 2.35 bits per heavy atom. The number of hydrogen-bond donors (Lipinski definition) is 1. The van der Waals surface area contributed by atoms with Gasteiger partial charge in [0.25, 0.3) is 0 Å². The van der Waals surface area contributed by atoms with Gasteiger partial charge in [-0.3, -0.25) is 0 Å². The molecule has 5 heteroatoms. The van der Waals surface area contributed by atoms with Crippen molar-refractivity contribution in [3.05, 3.63) is 40.4 Å². The Balaban J connectivity index is 2.84. The molecule has 0 amide bonds. The molecule has 2 aromatic carbocycles. The van der Waals surface area contributed by atoms with Crippen LogP contribution < -0.4 is 0 Å². The summed E-state index contributed by atoms with van der Waals surface area (Å²) in [5, 5.41) is 10.6. The summed E-state index contributed by atoms with van der Waals surface area (Å²) in [6, 6.07) is 4.76. The zero-order valence-corrected chi connectivity index (χ0v) is 9.52. The molecule has 17 heavy (non-hydrogen) atoms. The van der Waals surface area contributed by atoms with E-state index in [-0.39, 0.29) is 0 Å². The minimum absolute atomic E-state index is 0.310. The molecule has 0 aromatic heterocycles. The maximum Gasteiger partial charge on any atom is 0.416 e. The third-order valence-electron chi connectivity index (χ3n) is 2.64. The molecule has 0 fully saturated rings. The second kappa shape index (κ2) is 3.81. The van der Waals surface area contributed by atoms with Gasteiger partial charge in [-0.1, -0.05) is 11.6 Å². The van der Waals surface area contributed by atoms with Gasteiger partial charge in [-0.2, -0.15) is 13.2 Å². The summed E-state index contributed by atoms with van der Waals surface area (Å²) in [5.74, 6) is -0.394. The zero-order chi connectivity index (χ0) is 12.8. The standard InChI is InChI=1S/C12H8ClF3O/c1-6-9-4-7(12(14,15)16)5-11(17)8(9)2-3-10(6)13/h2-5,17H,1H3. The highest BCUT2D eigenvalue weighted by Crippen LogP contribution is 2.38. The predicted molar refractivity (Wildman–Crippen MR) is 60.4 cm³/mol. The lowest BCUT2D eigenvalue weighted by Crippen LogP contribution is -2.04. The Morgan fingerprint density at radius 1 is 1.12 bits per heavy atom. The number of phenols is 1. The highest BCUT2D eigenvalue weighted by atomic mass is 35.5. The van der Waals surface area contributed by atoms with Crippen LogP contribution in [0.3, 0.4) is 0 Å². The van der Waals surface area contributed by atoms with E-state index in [0.29, 0.717) is 21.4 Å². The van der Waals surface area contributed by atoms with Crippen molar-refractivity contribution in [3.63, 3.8) is 0 Å². The summed E-state index contributed by atoms with van der Waals surface area (Å²) in [6.45, 7) is 1.62. The molecule has 0 atom stereocenters. The lowest BCUT2D eigenvalue weighted by atomic mass is 10.0. The molecule has 0 radical (unpaired) electrons. The van der Waals surface area contributed by atoms with Crippen LogP contribution in [-0.2, 0) is 6.18 Å². The third kappa shape index (κ3) is 2.05. The lowest BCUT2D eigenvalue weighted by molar-refractivity contribution is -0.137. The van der Waals surface area contributed by atoms with Gasteiger partial charge < -0.3 is 5.11 Å². The first-order valence-corrected chi connectivity index (χ1v) is 5.17. The number of halogens is 4. The van der Waals surface area contributed by atoms with E-state index >= 15 is 0 Å². The van der Waals surface area contributed by atoms with E-state index in [1.807, 2.05) is 0 Å². The topological polar surface area (TPSA) is 20.2 Å². The van der Waals surface area contributed by atoms with Crippen molar-refractivity contribution >= 4 is 22.4 Å². The highest BCUT2D eigenvalue weighted by Gasteiger charge is 2.31. The van der Waals surface area contributed by atoms with E-state index in [9.17, 15) is 18.3 Å². The number of aryl methyl sites for hydroxylation is 1. The number of phenolic OH excluding ortho intramolecular Hbond substituents is 1. The Labute approximate surface area is 100 Å². The van der Waals surface area contributed by atoms with Gasteiger partial charge in [-0.05, 0) is 42.1 Å². The lowest BCUT2D eigenvalue weighted by Gasteiger charge is -2.11. The summed E-state index contributed by atoms with van der Waals surface area (Å²) in [5.41, 5.74) is -0.363. The number of aromatic hydroxyl groups is 1. The van der Waals surface area contributed by atoms with Gasteiger partial charge in [0.15, 0.2) is 0 Å². The Kier molecular flexibility index (Phi) is 2.70. The molecule has 0 unspecified atom stereocenters. The minimum atomic E-state index is -4.49. The van der Waals surface area contributed by atoms with E-state index in [1.54, 1.807) is 13.0 Å². The van der Waals surface area contributed by atoms with Crippen molar-refractivity contribution in [3.8, 4) is 5.75 Å². The van der Waals surface area contributed by atoms with E-state index in [1.165, 1.54) is 6.07 Å².